The molecule has 0 fully saturated rings. The third-order valence-electron chi connectivity index (χ3n) is 4.09. The fraction of sp³-hybridized carbons (Fsp3) is 0. The first-order valence-corrected chi connectivity index (χ1v) is 8.53. The van der Waals surface area contributed by atoms with Crippen molar-refractivity contribution in [1.82, 2.24) is 9.97 Å². The van der Waals surface area contributed by atoms with Gasteiger partial charge in [-0.3, -0.25) is 9.78 Å². The molecule has 0 saturated heterocycles. The highest BCUT2D eigenvalue weighted by molar-refractivity contribution is 9.10. The molecule has 0 saturated carbocycles. The lowest BCUT2D eigenvalue weighted by molar-refractivity contribution is 1.19. The van der Waals surface area contributed by atoms with Gasteiger partial charge in [-0.05, 0) is 47.9 Å². The Kier molecular flexibility index (Phi) is 3.86. The summed E-state index contributed by atoms with van der Waals surface area (Å²) in [7, 11) is 0. The first-order chi connectivity index (χ1) is 12.1. The van der Waals surface area contributed by atoms with E-state index in [1.807, 2.05) is 48.7 Å². The van der Waals surface area contributed by atoms with E-state index >= 15 is 0 Å². The van der Waals surface area contributed by atoms with Crippen molar-refractivity contribution in [3.63, 3.8) is 0 Å². The predicted molar refractivity (Wildman–Crippen MR) is 107 cm³/mol. The number of aromatic nitrogens is 2. The molecule has 0 radical (unpaired) electrons. The Morgan fingerprint density at radius 2 is 2.00 bits per heavy atom. The zero-order valence-electron chi connectivity index (χ0n) is 13.2. The monoisotopic (exact) mass is 391 g/mol. The minimum Gasteiger partial charge on any atom is -0.361 e. The molecule has 4 aromatic rings. The van der Waals surface area contributed by atoms with Crippen LogP contribution in [0.5, 0.6) is 0 Å². The van der Waals surface area contributed by atoms with Crippen LogP contribution in [0.2, 0.25) is 0 Å². The predicted octanol–water partition coefficient (Wildman–Crippen LogP) is 3.10. The SMILES string of the molecule is C=c1[nH]c(=O)c2ccc(Br)cc2/c1=C/Nc1ccc2ncccc2c1. The van der Waals surface area contributed by atoms with Gasteiger partial charge >= 0.3 is 0 Å². The Morgan fingerprint density at radius 3 is 2.88 bits per heavy atom. The highest BCUT2D eigenvalue weighted by atomic mass is 79.9. The van der Waals surface area contributed by atoms with Crippen molar-refractivity contribution in [2.24, 2.45) is 0 Å². The van der Waals surface area contributed by atoms with E-state index in [9.17, 15) is 4.79 Å². The van der Waals surface area contributed by atoms with E-state index in [4.69, 9.17) is 0 Å². The largest absolute Gasteiger partial charge is 0.361 e. The van der Waals surface area contributed by atoms with Crippen LogP contribution in [-0.2, 0) is 0 Å². The van der Waals surface area contributed by atoms with Gasteiger partial charge in [-0.1, -0.05) is 28.6 Å². The number of hydrogen-bond donors (Lipinski definition) is 2. The zero-order valence-corrected chi connectivity index (χ0v) is 14.8. The summed E-state index contributed by atoms with van der Waals surface area (Å²) < 4.78 is 0.913. The normalized spacial score (nSPS) is 12.0. The van der Waals surface area contributed by atoms with Gasteiger partial charge in [-0.2, -0.15) is 0 Å². The van der Waals surface area contributed by atoms with Gasteiger partial charge in [0.2, 0.25) is 0 Å². The molecule has 0 unspecified atom stereocenters. The van der Waals surface area contributed by atoms with Crippen LogP contribution in [0.25, 0.3) is 34.5 Å². The second kappa shape index (κ2) is 6.18. The molecule has 0 spiro atoms. The molecule has 2 heterocycles. The lowest BCUT2D eigenvalue weighted by atomic mass is 10.1. The Balaban J connectivity index is 1.87. The fourth-order valence-corrected chi connectivity index (χ4v) is 3.22. The molecule has 0 amide bonds. The molecule has 0 aliphatic rings. The van der Waals surface area contributed by atoms with Crippen molar-refractivity contribution in [3.05, 3.63) is 80.1 Å². The lowest BCUT2D eigenvalue weighted by Gasteiger charge is -2.05. The number of nitrogens with zero attached hydrogens (tertiary/aromatic N) is 1. The number of nitrogens with one attached hydrogen (secondary N) is 2. The van der Waals surface area contributed by atoms with Crippen LogP contribution in [0.1, 0.15) is 0 Å². The molecule has 0 atom stereocenters. The highest BCUT2D eigenvalue weighted by Gasteiger charge is 2.02. The van der Waals surface area contributed by atoms with E-state index in [2.05, 4.69) is 37.8 Å². The van der Waals surface area contributed by atoms with Crippen molar-refractivity contribution >= 4 is 56.1 Å². The number of halogens is 1. The van der Waals surface area contributed by atoms with Gasteiger partial charge in [0.15, 0.2) is 0 Å². The number of benzene rings is 2. The highest BCUT2D eigenvalue weighted by Crippen LogP contribution is 2.17. The third-order valence-corrected chi connectivity index (χ3v) is 4.59. The van der Waals surface area contributed by atoms with E-state index in [1.54, 1.807) is 12.3 Å². The van der Waals surface area contributed by atoms with Gasteiger partial charge in [0.25, 0.3) is 5.56 Å². The number of hydrogen-bond acceptors (Lipinski definition) is 3. The summed E-state index contributed by atoms with van der Waals surface area (Å²) in [5, 5.41) is 7.26. The van der Waals surface area contributed by atoms with Crippen LogP contribution < -0.4 is 21.4 Å². The number of fused-ring (bicyclic) bond motifs is 2. The summed E-state index contributed by atoms with van der Waals surface area (Å²) in [4.78, 5) is 19.3. The van der Waals surface area contributed by atoms with Gasteiger partial charge < -0.3 is 10.3 Å². The second-order valence-corrected chi connectivity index (χ2v) is 6.65. The maximum atomic E-state index is 12.1. The average Bonchev–Trinajstić information content (AvgIpc) is 2.61. The van der Waals surface area contributed by atoms with Crippen molar-refractivity contribution in [2.75, 3.05) is 5.32 Å². The number of rotatable bonds is 2. The van der Waals surface area contributed by atoms with E-state index in [1.165, 1.54) is 0 Å². The van der Waals surface area contributed by atoms with Crippen molar-refractivity contribution < 1.29 is 0 Å². The van der Waals surface area contributed by atoms with Crippen LogP contribution in [0.3, 0.4) is 0 Å². The smallest absolute Gasteiger partial charge is 0.256 e. The summed E-state index contributed by atoms with van der Waals surface area (Å²) in [6.45, 7) is 3.97. The van der Waals surface area contributed by atoms with Crippen LogP contribution in [0, 0.1) is 0 Å². The van der Waals surface area contributed by atoms with E-state index in [0.29, 0.717) is 10.7 Å². The topological polar surface area (TPSA) is 57.8 Å². The molecule has 5 heteroatoms. The minimum absolute atomic E-state index is 0.138. The lowest BCUT2D eigenvalue weighted by Crippen LogP contribution is -2.34. The summed E-state index contributed by atoms with van der Waals surface area (Å²) in [6, 6.07) is 15.5. The van der Waals surface area contributed by atoms with Crippen LogP contribution in [0.4, 0.5) is 5.69 Å². The molecule has 2 aromatic heterocycles. The van der Waals surface area contributed by atoms with Gasteiger partial charge in [0, 0.05) is 43.9 Å². The maximum Gasteiger partial charge on any atom is 0.256 e. The maximum absolute atomic E-state index is 12.1. The summed E-state index contributed by atoms with van der Waals surface area (Å²) in [5.41, 5.74) is 1.75. The Morgan fingerprint density at radius 1 is 1.12 bits per heavy atom. The van der Waals surface area contributed by atoms with Gasteiger partial charge in [0.1, 0.15) is 0 Å². The Labute approximate surface area is 151 Å². The first kappa shape index (κ1) is 15.6. The van der Waals surface area contributed by atoms with Crippen LogP contribution in [-0.4, -0.2) is 9.97 Å². The van der Waals surface area contributed by atoms with Gasteiger partial charge in [-0.15, -0.1) is 0 Å². The van der Waals surface area contributed by atoms with Crippen molar-refractivity contribution in [1.29, 1.82) is 0 Å². The molecule has 4 rings (SSSR count). The number of pyridine rings is 2. The first-order valence-electron chi connectivity index (χ1n) is 7.74. The molecular weight excluding hydrogens is 378 g/mol. The molecular formula is C20H14BrN3O. The van der Waals surface area contributed by atoms with Gasteiger partial charge in [0.05, 0.1) is 5.52 Å². The summed E-state index contributed by atoms with van der Waals surface area (Å²) >= 11 is 3.46. The summed E-state index contributed by atoms with van der Waals surface area (Å²) in [5.74, 6) is 0. The average molecular weight is 392 g/mol. The fourth-order valence-electron chi connectivity index (χ4n) is 2.86. The minimum atomic E-state index is -0.138. The Hall–Kier alpha value is -2.92. The zero-order chi connectivity index (χ0) is 17.4. The van der Waals surface area contributed by atoms with E-state index in [-0.39, 0.29) is 5.56 Å². The number of aromatic amines is 1. The molecule has 0 aliphatic carbocycles. The second-order valence-electron chi connectivity index (χ2n) is 5.74. The Bertz CT molecular complexity index is 1280. The number of H-pyrrole nitrogens is 1. The third kappa shape index (κ3) is 2.94. The van der Waals surface area contributed by atoms with E-state index < -0.39 is 0 Å². The summed E-state index contributed by atoms with van der Waals surface area (Å²) in [6.07, 6.45) is 3.64. The molecule has 2 N–H and O–H groups in total. The molecule has 25 heavy (non-hydrogen) atoms. The van der Waals surface area contributed by atoms with Crippen molar-refractivity contribution in [2.45, 2.75) is 0 Å². The van der Waals surface area contributed by atoms with Crippen LogP contribution >= 0.6 is 15.9 Å². The molecule has 4 nitrogen and oxygen atoms in total. The molecule has 0 aliphatic heterocycles. The standard InChI is InChI=1S/C20H14BrN3O/c1-12-18(17-10-14(21)4-6-16(17)20(25)24-12)11-23-15-5-7-19-13(9-15)3-2-8-22-19/h2-11,23H,1H2,(H,24,25)/b18-11+. The van der Waals surface area contributed by atoms with Crippen molar-refractivity contribution in [3.8, 4) is 0 Å². The van der Waals surface area contributed by atoms with E-state index in [0.717, 1.165) is 31.7 Å². The number of anilines is 1. The van der Waals surface area contributed by atoms with Gasteiger partial charge in [-0.25, -0.2) is 0 Å². The quantitative estimate of drug-likeness (QED) is 0.551. The van der Waals surface area contributed by atoms with Crippen LogP contribution in [0.15, 0.2) is 64.0 Å². The molecule has 2 aromatic carbocycles. The molecule has 0 bridgehead atoms. The molecule has 122 valence electrons.